The summed E-state index contributed by atoms with van der Waals surface area (Å²) in [5, 5.41) is 8.78. The van der Waals surface area contributed by atoms with Crippen molar-refractivity contribution in [1.82, 2.24) is 0 Å². The maximum absolute atomic E-state index is 10.8. The molecule has 2 heteroatoms. The second-order valence-electron chi connectivity index (χ2n) is 4.06. The largest absolute Gasteiger partial charge is 0.396 e. The van der Waals surface area contributed by atoms with Crippen LogP contribution in [0.5, 0.6) is 0 Å². The SMILES string of the molecule is CC(C)c1ccc(C=O)c(CCCO)c1. The van der Waals surface area contributed by atoms with Gasteiger partial charge in [0.1, 0.15) is 6.29 Å². The van der Waals surface area contributed by atoms with Crippen LogP contribution < -0.4 is 0 Å². The third kappa shape index (κ3) is 3.17. The van der Waals surface area contributed by atoms with Crippen LogP contribution in [-0.2, 0) is 6.42 Å². The zero-order valence-corrected chi connectivity index (χ0v) is 9.36. The highest BCUT2D eigenvalue weighted by Crippen LogP contribution is 2.19. The molecule has 0 saturated heterocycles. The minimum atomic E-state index is 0.171. The topological polar surface area (TPSA) is 37.3 Å². The van der Waals surface area contributed by atoms with Crippen molar-refractivity contribution in [2.24, 2.45) is 0 Å². The van der Waals surface area contributed by atoms with E-state index in [2.05, 4.69) is 19.9 Å². The Labute approximate surface area is 90.9 Å². The molecule has 1 aromatic carbocycles. The molecule has 1 rings (SSSR count). The molecule has 0 amide bonds. The fourth-order valence-electron chi connectivity index (χ4n) is 1.59. The van der Waals surface area contributed by atoms with E-state index < -0.39 is 0 Å². The molecule has 0 heterocycles. The summed E-state index contributed by atoms with van der Waals surface area (Å²) >= 11 is 0. The maximum Gasteiger partial charge on any atom is 0.150 e. The molecule has 15 heavy (non-hydrogen) atoms. The molecule has 0 aliphatic heterocycles. The molecule has 2 nitrogen and oxygen atoms in total. The van der Waals surface area contributed by atoms with Crippen LogP contribution in [0.2, 0.25) is 0 Å². The summed E-state index contributed by atoms with van der Waals surface area (Å²) in [6, 6.07) is 5.94. The lowest BCUT2D eigenvalue weighted by Gasteiger charge is -2.10. The standard InChI is InChI=1S/C13H18O2/c1-10(2)11-5-6-13(9-15)12(8-11)4-3-7-14/h5-6,8-10,14H,3-4,7H2,1-2H3. The van der Waals surface area contributed by atoms with Gasteiger partial charge in [-0.2, -0.15) is 0 Å². The van der Waals surface area contributed by atoms with Gasteiger partial charge in [-0.15, -0.1) is 0 Å². The van der Waals surface area contributed by atoms with Crippen LogP contribution >= 0.6 is 0 Å². The summed E-state index contributed by atoms with van der Waals surface area (Å²) in [6.45, 7) is 4.43. The van der Waals surface area contributed by atoms with E-state index in [1.807, 2.05) is 12.1 Å². The fourth-order valence-corrected chi connectivity index (χ4v) is 1.59. The number of rotatable bonds is 5. The van der Waals surface area contributed by atoms with Crippen molar-refractivity contribution >= 4 is 6.29 Å². The van der Waals surface area contributed by atoms with Gasteiger partial charge in [0.2, 0.25) is 0 Å². The second-order valence-corrected chi connectivity index (χ2v) is 4.06. The zero-order valence-electron chi connectivity index (χ0n) is 9.36. The van der Waals surface area contributed by atoms with E-state index in [0.717, 1.165) is 23.8 Å². The van der Waals surface area contributed by atoms with Crippen LogP contribution in [0.3, 0.4) is 0 Å². The van der Waals surface area contributed by atoms with Crippen LogP contribution in [0.1, 0.15) is 47.7 Å². The average Bonchev–Trinajstić information content (AvgIpc) is 2.25. The molecule has 0 aliphatic rings. The highest BCUT2D eigenvalue weighted by Gasteiger charge is 2.05. The number of carbonyl (C=O) groups is 1. The van der Waals surface area contributed by atoms with Crippen molar-refractivity contribution in [1.29, 1.82) is 0 Å². The number of hydrogen-bond acceptors (Lipinski definition) is 2. The Balaban J connectivity index is 2.96. The third-order valence-electron chi connectivity index (χ3n) is 2.56. The van der Waals surface area contributed by atoms with Crippen molar-refractivity contribution < 1.29 is 9.90 Å². The van der Waals surface area contributed by atoms with Crippen LogP contribution in [0.15, 0.2) is 18.2 Å². The summed E-state index contributed by atoms with van der Waals surface area (Å²) < 4.78 is 0. The molecule has 0 aliphatic carbocycles. The van der Waals surface area contributed by atoms with Crippen molar-refractivity contribution in [3.05, 3.63) is 34.9 Å². The molecule has 0 atom stereocenters. The molecule has 0 bridgehead atoms. The van der Waals surface area contributed by atoms with E-state index in [-0.39, 0.29) is 6.61 Å². The number of aliphatic hydroxyl groups is 1. The first-order valence-electron chi connectivity index (χ1n) is 5.38. The van der Waals surface area contributed by atoms with Crippen molar-refractivity contribution in [2.75, 3.05) is 6.61 Å². The van der Waals surface area contributed by atoms with Gasteiger partial charge in [-0.1, -0.05) is 32.0 Å². The number of aliphatic hydroxyl groups excluding tert-OH is 1. The molecular formula is C13H18O2. The molecule has 1 aromatic rings. The Morgan fingerprint density at radius 2 is 2.13 bits per heavy atom. The van der Waals surface area contributed by atoms with Gasteiger partial charge in [-0.05, 0) is 29.9 Å². The normalized spacial score (nSPS) is 10.7. The number of aryl methyl sites for hydroxylation is 1. The molecule has 0 fully saturated rings. The number of benzene rings is 1. The molecule has 0 aromatic heterocycles. The molecule has 0 radical (unpaired) electrons. The highest BCUT2D eigenvalue weighted by molar-refractivity contribution is 5.77. The third-order valence-corrected chi connectivity index (χ3v) is 2.56. The summed E-state index contributed by atoms with van der Waals surface area (Å²) in [4.78, 5) is 10.8. The Morgan fingerprint density at radius 1 is 1.40 bits per heavy atom. The van der Waals surface area contributed by atoms with Gasteiger partial charge in [0.05, 0.1) is 0 Å². The van der Waals surface area contributed by atoms with Gasteiger partial charge in [0.25, 0.3) is 0 Å². The van der Waals surface area contributed by atoms with Gasteiger partial charge in [0, 0.05) is 12.2 Å². The maximum atomic E-state index is 10.8. The van der Waals surface area contributed by atoms with Gasteiger partial charge in [-0.25, -0.2) is 0 Å². The first-order chi connectivity index (χ1) is 7.19. The highest BCUT2D eigenvalue weighted by atomic mass is 16.2. The Bertz CT molecular complexity index is 329. The molecule has 0 unspecified atom stereocenters. The Morgan fingerprint density at radius 3 is 2.67 bits per heavy atom. The molecule has 0 saturated carbocycles. The second kappa shape index (κ2) is 5.66. The lowest BCUT2D eigenvalue weighted by atomic mass is 9.95. The predicted octanol–water partition coefficient (Wildman–Crippen LogP) is 2.55. The summed E-state index contributed by atoms with van der Waals surface area (Å²) in [5.41, 5.74) is 3.03. The predicted molar refractivity (Wildman–Crippen MR) is 61.3 cm³/mol. The Hall–Kier alpha value is -1.15. The van der Waals surface area contributed by atoms with Crippen molar-refractivity contribution in [2.45, 2.75) is 32.6 Å². The number of hydrogen-bond donors (Lipinski definition) is 1. The van der Waals surface area contributed by atoms with E-state index >= 15 is 0 Å². The summed E-state index contributed by atoms with van der Waals surface area (Å²) in [7, 11) is 0. The summed E-state index contributed by atoms with van der Waals surface area (Å²) in [6.07, 6.45) is 2.37. The lowest BCUT2D eigenvalue weighted by molar-refractivity contribution is 0.112. The van der Waals surface area contributed by atoms with E-state index in [9.17, 15) is 4.79 Å². The molecule has 0 spiro atoms. The minimum Gasteiger partial charge on any atom is -0.396 e. The van der Waals surface area contributed by atoms with E-state index in [1.54, 1.807) is 0 Å². The summed E-state index contributed by atoms with van der Waals surface area (Å²) in [5.74, 6) is 0.471. The number of aldehydes is 1. The number of carbonyl (C=O) groups excluding carboxylic acids is 1. The molecule has 1 N–H and O–H groups in total. The quantitative estimate of drug-likeness (QED) is 0.752. The zero-order chi connectivity index (χ0) is 11.3. The first kappa shape index (κ1) is 11.9. The fraction of sp³-hybridized carbons (Fsp3) is 0.462. The van der Waals surface area contributed by atoms with Gasteiger partial charge in [0.15, 0.2) is 0 Å². The minimum absolute atomic E-state index is 0.171. The average molecular weight is 206 g/mol. The van der Waals surface area contributed by atoms with E-state index in [4.69, 9.17) is 5.11 Å². The smallest absolute Gasteiger partial charge is 0.150 e. The Kier molecular flexibility index (Phi) is 4.50. The van der Waals surface area contributed by atoms with Crippen LogP contribution in [0, 0.1) is 0 Å². The van der Waals surface area contributed by atoms with Crippen LogP contribution in [-0.4, -0.2) is 18.0 Å². The van der Waals surface area contributed by atoms with Gasteiger partial charge >= 0.3 is 0 Å². The first-order valence-corrected chi connectivity index (χ1v) is 5.38. The molecular weight excluding hydrogens is 188 g/mol. The van der Waals surface area contributed by atoms with Crippen molar-refractivity contribution in [3.63, 3.8) is 0 Å². The van der Waals surface area contributed by atoms with Crippen molar-refractivity contribution in [3.8, 4) is 0 Å². The van der Waals surface area contributed by atoms with E-state index in [1.165, 1.54) is 5.56 Å². The molecule has 82 valence electrons. The lowest BCUT2D eigenvalue weighted by Crippen LogP contribution is -1.98. The van der Waals surface area contributed by atoms with Gasteiger partial charge in [-0.3, -0.25) is 4.79 Å². The monoisotopic (exact) mass is 206 g/mol. The van der Waals surface area contributed by atoms with E-state index in [0.29, 0.717) is 12.3 Å². The van der Waals surface area contributed by atoms with Gasteiger partial charge < -0.3 is 5.11 Å². The van der Waals surface area contributed by atoms with Crippen LogP contribution in [0.25, 0.3) is 0 Å². The van der Waals surface area contributed by atoms with Crippen LogP contribution in [0.4, 0.5) is 0 Å².